The number of hydrogen-bond acceptors (Lipinski definition) is 7. The van der Waals surface area contributed by atoms with Crippen LogP contribution in [0.4, 0.5) is 5.69 Å². The Morgan fingerprint density at radius 3 is 1.00 bits per heavy atom. The number of anilines is 1. The summed E-state index contributed by atoms with van der Waals surface area (Å²) in [7, 11) is 17.5. The van der Waals surface area contributed by atoms with Gasteiger partial charge in [-0.1, -0.05) is 126 Å². The first-order valence-corrected chi connectivity index (χ1v) is 40.0. The number of aromatic nitrogens is 8. The smallest absolute Gasteiger partial charge is 0.255 e. The fourth-order valence-electron chi connectivity index (χ4n) is 14.6. The quantitative estimate of drug-likeness (QED) is 0.0739. The van der Waals surface area contributed by atoms with E-state index in [9.17, 15) is 24.0 Å². The minimum atomic E-state index is -0.0772. The molecule has 0 saturated carbocycles. The van der Waals surface area contributed by atoms with Crippen LogP contribution in [0.5, 0.6) is 0 Å². The van der Waals surface area contributed by atoms with Crippen LogP contribution in [-0.2, 0) is 55.4 Å². The van der Waals surface area contributed by atoms with Gasteiger partial charge < -0.3 is 53.6 Å². The van der Waals surface area contributed by atoms with Crippen LogP contribution in [-0.4, -0.2) is 92.9 Å². The normalized spacial score (nSPS) is 11.2. The molecular formula is C98H115N13O5. The lowest BCUT2D eigenvalue weighted by Crippen LogP contribution is -2.22. The molecule has 8 heterocycles. The van der Waals surface area contributed by atoms with Crippen molar-refractivity contribution in [1.82, 2.24) is 58.2 Å². The van der Waals surface area contributed by atoms with E-state index in [-0.39, 0.29) is 29.5 Å². The Labute approximate surface area is 683 Å². The zero-order chi connectivity index (χ0) is 83.9. The lowest BCUT2D eigenvalue weighted by molar-refractivity contribution is 0.0826. The van der Waals surface area contributed by atoms with Gasteiger partial charge in [0.1, 0.15) is 0 Å². The highest BCUT2D eigenvalue weighted by Crippen LogP contribution is 2.34. The summed E-state index contributed by atoms with van der Waals surface area (Å²) < 4.78 is 12.8. The Kier molecular flexibility index (Phi) is 28.5. The number of carbonyl (C=O) groups excluding carboxylic acids is 5. The molecule has 0 aliphatic heterocycles. The lowest BCUT2D eigenvalue weighted by Gasteiger charge is -2.11. The van der Waals surface area contributed by atoms with E-state index in [1.807, 2.05) is 181 Å². The van der Waals surface area contributed by atoms with Crippen molar-refractivity contribution < 1.29 is 24.0 Å². The fraction of sp³-hybridized carbons (Fsp3) is 0.296. The first-order chi connectivity index (χ1) is 55.3. The highest BCUT2D eigenvalue weighted by Gasteiger charge is 2.20. The maximum absolute atomic E-state index is 12.4. The van der Waals surface area contributed by atoms with E-state index in [1.165, 1.54) is 66.1 Å². The van der Waals surface area contributed by atoms with Crippen molar-refractivity contribution in [2.24, 2.45) is 42.3 Å². The number of nitrogens with one attached hydrogen (secondary N) is 4. The Bertz CT molecular complexity index is 5780. The van der Waals surface area contributed by atoms with Crippen LogP contribution in [0.3, 0.4) is 0 Å². The number of benzene rings is 7. The fourth-order valence-corrected chi connectivity index (χ4v) is 14.6. The predicted octanol–water partition coefficient (Wildman–Crippen LogP) is 20.8. The summed E-state index contributed by atoms with van der Waals surface area (Å²) in [5.74, 6) is 2.62. The van der Waals surface area contributed by atoms with Gasteiger partial charge in [0.15, 0.2) is 0 Å². The van der Waals surface area contributed by atoms with Crippen LogP contribution < -0.4 is 21.3 Å². The Morgan fingerprint density at radius 1 is 0.328 bits per heavy atom. The van der Waals surface area contributed by atoms with Gasteiger partial charge in [0, 0.05) is 237 Å². The first-order valence-electron chi connectivity index (χ1n) is 40.0. The molecule has 0 atom stereocenters. The van der Waals surface area contributed by atoms with Crippen molar-refractivity contribution in [2.75, 3.05) is 26.5 Å². The number of amides is 5. The molecule has 15 rings (SSSR count). The molecule has 0 fully saturated rings. The summed E-state index contributed by atoms with van der Waals surface area (Å²) in [4.78, 5) is 70.5. The van der Waals surface area contributed by atoms with Crippen molar-refractivity contribution in [3.8, 4) is 0 Å². The number of nitrogens with zero attached hydrogens (tertiary/aromatic N) is 9. The molecule has 18 heteroatoms. The van der Waals surface area contributed by atoms with Gasteiger partial charge in [-0.25, -0.2) is 0 Å². The molecule has 18 nitrogen and oxygen atoms in total. The maximum Gasteiger partial charge on any atom is 0.255 e. The molecule has 116 heavy (non-hydrogen) atoms. The molecule has 0 saturated heterocycles. The zero-order valence-corrected chi connectivity index (χ0v) is 71.4. The van der Waals surface area contributed by atoms with E-state index < -0.39 is 0 Å². The number of hydrogen-bond donors (Lipinski definition) is 4. The van der Waals surface area contributed by atoms with E-state index in [0.29, 0.717) is 70.9 Å². The van der Waals surface area contributed by atoms with Gasteiger partial charge in [-0.05, 0) is 207 Å². The molecule has 0 spiro atoms. The summed E-state index contributed by atoms with van der Waals surface area (Å²) in [6.45, 7) is 27.2. The second-order valence-electron chi connectivity index (χ2n) is 32.0. The molecule has 15 aromatic rings. The van der Waals surface area contributed by atoms with E-state index >= 15 is 0 Å². The highest BCUT2D eigenvalue weighted by molar-refractivity contribution is 6.07. The summed E-state index contributed by atoms with van der Waals surface area (Å²) in [6, 6.07) is 55.1. The predicted molar refractivity (Wildman–Crippen MR) is 479 cm³/mol. The summed E-state index contributed by atoms with van der Waals surface area (Å²) in [5, 5.41) is 18.7. The third-order valence-electron chi connectivity index (χ3n) is 21.1. The number of fused-ring (bicyclic) bond motifs is 6. The molecule has 0 unspecified atom stereocenters. The standard InChI is InChI=1S/2C19H21N3O.C19H20N2O.C15H20N2O.C14H18N2O.C12H15N/c1-13(2)17-12-22(3)18-5-4-15(10-16(17)18)19(23)21-11-14-6-8-20-9-7-14;1-13(2)17-12-22(3)18-7-6-15(9-16(17)18)19(23)21-11-14-5-4-8-20-10-14;1-13(2)17-12-21(3)18-10-9-14(11-16(17)18)19(22)20-15-7-5-4-6-8-15;1-10(2)13-9-17(5)14-7-6-11(8-12(13)14)15(18)16(3)4;1-9(2)12-8-16(4)13-6-5-10(7-11(12)13)14(17)15-3;1-9(2)11-8-13(3)12-7-5-4-6-10(11)12/h2*4-10,12-13H,11H2,1-3H3,(H,21,23);4-13H,1-3H3,(H,20,22);6-10H,1-5H3;5-9H,1-4H3,(H,15,17);4-9H,1-3H3. The monoisotopic (exact) mass is 1550 g/mol. The van der Waals surface area contributed by atoms with Crippen molar-refractivity contribution in [3.63, 3.8) is 0 Å². The number of rotatable bonds is 16. The summed E-state index contributed by atoms with van der Waals surface area (Å²) in [6.07, 6.45) is 19.9. The van der Waals surface area contributed by atoms with Crippen LogP contribution in [0, 0.1) is 0 Å². The Balaban J connectivity index is 0.000000148. The molecule has 7 aromatic carbocycles. The van der Waals surface area contributed by atoms with Gasteiger partial charge >= 0.3 is 0 Å². The first kappa shape index (κ1) is 85.8. The topological polar surface area (TPSA) is 192 Å². The van der Waals surface area contributed by atoms with Crippen molar-refractivity contribution in [2.45, 2.75) is 132 Å². The van der Waals surface area contributed by atoms with E-state index in [0.717, 1.165) is 55.1 Å². The Morgan fingerprint density at radius 2 is 0.647 bits per heavy atom. The van der Waals surface area contributed by atoms with Gasteiger partial charge in [-0.2, -0.15) is 0 Å². The largest absolute Gasteiger partial charge is 0.355 e. The van der Waals surface area contributed by atoms with Gasteiger partial charge in [0.25, 0.3) is 29.5 Å². The molecule has 0 aliphatic carbocycles. The Hall–Kier alpha value is -12.6. The van der Waals surface area contributed by atoms with Crippen molar-refractivity contribution >= 4 is 101 Å². The van der Waals surface area contributed by atoms with Gasteiger partial charge in [0.2, 0.25) is 0 Å². The van der Waals surface area contributed by atoms with E-state index in [2.05, 4.69) is 210 Å². The molecule has 4 N–H and O–H groups in total. The SMILES string of the molecule is CC(C)c1cn(C)c2ccc(C(=O)N(C)C)cc12.CC(C)c1cn(C)c2ccc(C(=O)NCc3cccnc3)cc12.CC(C)c1cn(C)c2ccc(C(=O)NCc3ccncc3)cc12.CC(C)c1cn(C)c2ccc(C(=O)Nc3ccccc3)cc12.CC(C)c1cn(C)c2ccccc12.CNC(=O)c1ccc2c(c1)c(C(C)C)cn2C. The number of carbonyl (C=O) groups is 5. The van der Waals surface area contributed by atoms with Crippen molar-refractivity contribution in [3.05, 3.63) is 304 Å². The second-order valence-corrected chi connectivity index (χ2v) is 32.0. The van der Waals surface area contributed by atoms with Crippen molar-refractivity contribution in [1.29, 1.82) is 0 Å². The molecular weight excluding hydrogens is 1440 g/mol. The molecule has 8 aromatic heterocycles. The zero-order valence-electron chi connectivity index (χ0n) is 71.4. The second kappa shape index (κ2) is 38.5. The van der Waals surface area contributed by atoms with Crippen LogP contribution in [0.15, 0.2) is 232 Å². The van der Waals surface area contributed by atoms with E-state index in [1.54, 1.807) is 50.8 Å². The van der Waals surface area contributed by atoms with Gasteiger partial charge in [-0.15, -0.1) is 0 Å². The molecule has 602 valence electrons. The number of pyridine rings is 2. The highest BCUT2D eigenvalue weighted by atomic mass is 16.2. The van der Waals surface area contributed by atoms with Crippen LogP contribution in [0.2, 0.25) is 0 Å². The minimum Gasteiger partial charge on any atom is -0.355 e. The molecule has 0 aliphatic rings. The van der Waals surface area contributed by atoms with Crippen LogP contribution >= 0.6 is 0 Å². The molecule has 0 radical (unpaired) electrons. The minimum absolute atomic E-state index is 0.0366. The van der Waals surface area contributed by atoms with Gasteiger partial charge in [0.05, 0.1) is 0 Å². The average Bonchev–Trinajstić information content (AvgIpc) is 1.63. The average molecular weight is 1560 g/mol. The van der Waals surface area contributed by atoms with Gasteiger partial charge in [-0.3, -0.25) is 33.9 Å². The van der Waals surface area contributed by atoms with Crippen LogP contribution in [0.25, 0.3) is 65.4 Å². The van der Waals surface area contributed by atoms with Crippen LogP contribution in [0.1, 0.15) is 215 Å². The maximum atomic E-state index is 12.4. The van der Waals surface area contributed by atoms with E-state index in [4.69, 9.17) is 0 Å². The molecule has 5 amide bonds. The lowest BCUT2D eigenvalue weighted by atomic mass is 10.0. The summed E-state index contributed by atoms with van der Waals surface area (Å²) >= 11 is 0. The summed E-state index contributed by atoms with van der Waals surface area (Å²) in [5.41, 5.74) is 21.3. The molecule has 0 bridgehead atoms. The third-order valence-corrected chi connectivity index (χ3v) is 21.1. The number of para-hydroxylation sites is 2. The third kappa shape index (κ3) is 20.5. The number of aryl methyl sites for hydroxylation is 6.